The molecular formula is C32H31N5O3. The van der Waals surface area contributed by atoms with Gasteiger partial charge in [0.2, 0.25) is 11.8 Å². The van der Waals surface area contributed by atoms with Crippen LogP contribution >= 0.6 is 0 Å². The topological polar surface area (TPSA) is 123 Å². The van der Waals surface area contributed by atoms with Crippen molar-refractivity contribution in [1.82, 2.24) is 20.8 Å². The van der Waals surface area contributed by atoms with Gasteiger partial charge in [-0.25, -0.2) is 0 Å². The number of carbonyl (C=O) groups is 2. The third kappa shape index (κ3) is 6.59. The first-order valence-corrected chi connectivity index (χ1v) is 13.2. The van der Waals surface area contributed by atoms with Gasteiger partial charge in [0, 0.05) is 24.9 Å². The quantitative estimate of drug-likeness (QED) is 0.244. The minimum Gasteiger partial charge on any atom is -0.342 e. The number of fused-ring (bicyclic) bond motifs is 1. The van der Waals surface area contributed by atoms with E-state index in [1.54, 1.807) is 25.1 Å². The summed E-state index contributed by atoms with van der Waals surface area (Å²) in [7, 11) is 0. The Hall–Kier alpha value is -4.82. The summed E-state index contributed by atoms with van der Waals surface area (Å²) in [5.74, 6) is 0.0713. The molecular weight excluding hydrogens is 502 g/mol. The van der Waals surface area contributed by atoms with Crippen molar-refractivity contribution in [3.05, 3.63) is 131 Å². The Morgan fingerprint density at radius 1 is 0.800 bits per heavy atom. The fourth-order valence-electron chi connectivity index (χ4n) is 4.67. The predicted octanol–water partition coefficient (Wildman–Crippen LogP) is 4.43. The van der Waals surface area contributed by atoms with Gasteiger partial charge >= 0.3 is 0 Å². The first kappa shape index (κ1) is 26.8. The van der Waals surface area contributed by atoms with E-state index >= 15 is 0 Å². The van der Waals surface area contributed by atoms with Crippen LogP contribution in [0.4, 0.5) is 0 Å². The molecule has 0 spiro atoms. The smallest absolute Gasteiger partial charge is 0.251 e. The zero-order chi connectivity index (χ0) is 27.9. The third-order valence-electron chi connectivity index (χ3n) is 6.74. The number of rotatable bonds is 10. The number of benzene rings is 4. The van der Waals surface area contributed by atoms with E-state index in [0.29, 0.717) is 36.7 Å². The molecule has 4 N–H and O–H groups in total. The molecule has 5 rings (SSSR count). The van der Waals surface area contributed by atoms with Crippen molar-refractivity contribution in [2.24, 2.45) is 5.73 Å². The summed E-state index contributed by atoms with van der Waals surface area (Å²) in [6.07, 6.45) is 0.739. The second-order valence-electron chi connectivity index (χ2n) is 9.75. The standard InChI is InChI=1S/C32H31N5O3/c1-21-34-32(40-37-21)29(18-22-8-3-2-4-9-22)36-31(39)28(35-30(38)27-13-7-10-24(17-27)20-33)19-23-14-15-25-11-5-6-12-26(25)16-23/h2-17,28-29H,18-20,33H2,1H3,(H,35,38)(H,36,39)/t28-,29-/m1/s1. The second kappa shape index (κ2) is 12.4. The van der Waals surface area contributed by atoms with Crippen molar-refractivity contribution >= 4 is 22.6 Å². The van der Waals surface area contributed by atoms with E-state index in [9.17, 15) is 9.59 Å². The van der Waals surface area contributed by atoms with E-state index in [0.717, 1.165) is 27.5 Å². The van der Waals surface area contributed by atoms with Gasteiger partial charge in [0.1, 0.15) is 12.1 Å². The van der Waals surface area contributed by atoms with Gasteiger partial charge < -0.3 is 20.9 Å². The fraction of sp³-hybridized carbons (Fsp3) is 0.188. The maximum absolute atomic E-state index is 13.8. The number of nitrogens with one attached hydrogen (secondary N) is 2. The molecule has 0 radical (unpaired) electrons. The summed E-state index contributed by atoms with van der Waals surface area (Å²) in [6, 6.07) is 29.5. The Bertz CT molecular complexity index is 1620. The highest BCUT2D eigenvalue weighted by atomic mass is 16.5. The van der Waals surface area contributed by atoms with Gasteiger partial charge in [-0.15, -0.1) is 0 Å². The van der Waals surface area contributed by atoms with Crippen molar-refractivity contribution < 1.29 is 14.1 Å². The van der Waals surface area contributed by atoms with E-state index in [4.69, 9.17) is 10.3 Å². The van der Waals surface area contributed by atoms with Crippen molar-refractivity contribution in [3.8, 4) is 0 Å². The highest BCUT2D eigenvalue weighted by Crippen LogP contribution is 2.20. The molecule has 202 valence electrons. The first-order valence-electron chi connectivity index (χ1n) is 13.2. The predicted molar refractivity (Wildman–Crippen MR) is 153 cm³/mol. The maximum Gasteiger partial charge on any atom is 0.251 e. The van der Waals surface area contributed by atoms with Gasteiger partial charge in [-0.3, -0.25) is 9.59 Å². The summed E-state index contributed by atoms with van der Waals surface area (Å²) in [5, 5.41) is 12.1. The summed E-state index contributed by atoms with van der Waals surface area (Å²) < 4.78 is 5.45. The minimum absolute atomic E-state index is 0.292. The van der Waals surface area contributed by atoms with Crippen molar-refractivity contribution in [3.63, 3.8) is 0 Å². The summed E-state index contributed by atoms with van der Waals surface area (Å²) in [6.45, 7) is 2.04. The van der Waals surface area contributed by atoms with Crippen molar-refractivity contribution in [2.45, 2.75) is 38.4 Å². The molecule has 0 bridgehead atoms. The lowest BCUT2D eigenvalue weighted by Gasteiger charge is -2.22. The third-order valence-corrected chi connectivity index (χ3v) is 6.74. The molecule has 0 saturated heterocycles. The normalized spacial score (nSPS) is 12.6. The molecule has 0 fully saturated rings. The molecule has 0 saturated carbocycles. The molecule has 0 aliphatic heterocycles. The van der Waals surface area contributed by atoms with Crippen LogP contribution in [0.5, 0.6) is 0 Å². The monoisotopic (exact) mass is 533 g/mol. The molecule has 2 amide bonds. The lowest BCUT2D eigenvalue weighted by molar-refractivity contribution is -0.123. The maximum atomic E-state index is 13.8. The van der Waals surface area contributed by atoms with Gasteiger partial charge in [0.25, 0.3) is 5.91 Å². The number of aromatic nitrogens is 2. The highest BCUT2D eigenvalue weighted by Gasteiger charge is 2.28. The average Bonchev–Trinajstić information content (AvgIpc) is 3.43. The molecule has 1 aromatic heterocycles. The number of hydrogen-bond acceptors (Lipinski definition) is 6. The Morgan fingerprint density at radius 3 is 2.30 bits per heavy atom. The number of nitrogens with zero attached hydrogens (tertiary/aromatic N) is 2. The summed E-state index contributed by atoms with van der Waals surface area (Å²) in [4.78, 5) is 31.5. The van der Waals surface area contributed by atoms with E-state index in [2.05, 4.69) is 20.8 Å². The molecule has 2 atom stereocenters. The van der Waals surface area contributed by atoms with E-state index in [1.165, 1.54) is 0 Å². The molecule has 1 heterocycles. The Balaban J connectivity index is 1.43. The highest BCUT2D eigenvalue weighted by molar-refractivity contribution is 5.98. The van der Waals surface area contributed by atoms with E-state index in [1.807, 2.05) is 78.9 Å². The number of aryl methyl sites for hydroxylation is 1. The van der Waals surface area contributed by atoms with Crippen molar-refractivity contribution in [2.75, 3.05) is 0 Å². The van der Waals surface area contributed by atoms with Crippen LogP contribution in [-0.4, -0.2) is 28.0 Å². The molecule has 8 heteroatoms. The van der Waals surface area contributed by atoms with Crippen LogP contribution in [0.2, 0.25) is 0 Å². The number of carbonyl (C=O) groups excluding carboxylic acids is 2. The average molecular weight is 534 g/mol. The van der Waals surface area contributed by atoms with Crippen LogP contribution in [-0.2, 0) is 24.2 Å². The molecule has 40 heavy (non-hydrogen) atoms. The first-order chi connectivity index (χ1) is 19.5. The van der Waals surface area contributed by atoms with Gasteiger partial charge in [-0.2, -0.15) is 4.98 Å². The van der Waals surface area contributed by atoms with Crippen molar-refractivity contribution in [1.29, 1.82) is 0 Å². The van der Waals surface area contributed by atoms with Crippen LogP contribution in [0.15, 0.2) is 102 Å². The van der Waals surface area contributed by atoms with Crippen LogP contribution in [0.3, 0.4) is 0 Å². The van der Waals surface area contributed by atoms with Gasteiger partial charge in [-0.1, -0.05) is 90.1 Å². The van der Waals surface area contributed by atoms with Crippen LogP contribution < -0.4 is 16.4 Å². The van der Waals surface area contributed by atoms with E-state index < -0.39 is 12.1 Å². The molecule has 0 aliphatic carbocycles. The second-order valence-corrected chi connectivity index (χ2v) is 9.75. The molecule has 0 unspecified atom stereocenters. The summed E-state index contributed by atoms with van der Waals surface area (Å²) in [5.41, 5.74) is 8.96. The summed E-state index contributed by atoms with van der Waals surface area (Å²) >= 11 is 0. The Labute approximate surface area is 232 Å². The lowest BCUT2D eigenvalue weighted by atomic mass is 9.99. The zero-order valence-corrected chi connectivity index (χ0v) is 22.2. The number of amides is 2. The molecule has 8 nitrogen and oxygen atoms in total. The van der Waals surface area contributed by atoms with Crippen LogP contribution in [0.1, 0.15) is 44.8 Å². The molecule has 4 aromatic carbocycles. The van der Waals surface area contributed by atoms with Crippen LogP contribution in [0, 0.1) is 6.92 Å². The Kier molecular flexibility index (Phi) is 8.27. The molecule has 0 aliphatic rings. The van der Waals surface area contributed by atoms with Gasteiger partial charge in [0.05, 0.1) is 0 Å². The van der Waals surface area contributed by atoms with E-state index in [-0.39, 0.29) is 11.8 Å². The molecule has 5 aromatic rings. The Morgan fingerprint density at radius 2 is 1.55 bits per heavy atom. The lowest BCUT2D eigenvalue weighted by Crippen LogP contribution is -2.49. The minimum atomic E-state index is -0.863. The van der Waals surface area contributed by atoms with Crippen LogP contribution in [0.25, 0.3) is 10.8 Å². The fourth-order valence-corrected chi connectivity index (χ4v) is 4.67. The van der Waals surface area contributed by atoms with Gasteiger partial charge in [-0.05, 0) is 46.5 Å². The number of hydrogen-bond donors (Lipinski definition) is 3. The zero-order valence-electron chi connectivity index (χ0n) is 22.2. The largest absolute Gasteiger partial charge is 0.342 e. The SMILES string of the molecule is Cc1noc([C@@H](Cc2ccccc2)NC(=O)[C@@H](Cc2ccc3ccccc3c2)NC(=O)c2cccc(CN)c2)n1. The number of nitrogens with two attached hydrogens (primary N) is 1. The van der Waals surface area contributed by atoms with Gasteiger partial charge in [0.15, 0.2) is 5.82 Å².